The molecule has 2 heterocycles. The van der Waals surface area contributed by atoms with E-state index in [9.17, 15) is 14.9 Å². The highest BCUT2D eigenvalue weighted by atomic mass is 79.9. The van der Waals surface area contributed by atoms with Crippen molar-refractivity contribution in [3.8, 4) is 5.82 Å². The molecule has 2 rings (SSSR count). The molecule has 9 nitrogen and oxygen atoms in total. The number of aromatic nitrogens is 4. The minimum Gasteiger partial charge on any atom is -0.478 e. The van der Waals surface area contributed by atoms with Crippen molar-refractivity contribution in [1.29, 1.82) is 0 Å². The zero-order valence-corrected chi connectivity index (χ0v) is 12.0. The molecule has 0 radical (unpaired) electrons. The third kappa shape index (κ3) is 2.61. The fourth-order valence-electron chi connectivity index (χ4n) is 1.25. The smallest absolute Gasteiger partial charge is 0.478 e. The summed E-state index contributed by atoms with van der Waals surface area (Å²) in [5, 5.41) is 23.2. The Labute approximate surface area is 121 Å². The Bertz CT molecular complexity index is 686. The molecule has 0 amide bonds. The van der Waals surface area contributed by atoms with Gasteiger partial charge in [0.05, 0.1) is 0 Å². The van der Waals surface area contributed by atoms with E-state index in [0.29, 0.717) is 4.47 Å². The Kier molecular flexibility index (Phi) is 3.57. The first-order valence-electron chi connectivity index (χ1n) is 4.56. The van der Waals surface area contributed by atoms with Gasteiger partial charge in [0.15, 0.2) is 5.82 Å². The van der Waals surface area contributed by atoms with Crippen molar-refractivity contribution < 1.29 is 14.8 Å². The molecule has 0 spiro atoms. The molecule has 11 heteroatoms. The van der Waals surface area contributed by atoms with Gasteiger partial charge in [-0.15, -0.1) is 4.68 Å². The topological polar surface area (TPSA) is 124 Å². The maximum Gasteiger partial charge on any atom is 0.492 e. The van der Waals surface area contributed by atoms with Gasteiger partial charge in [-0.1, -0.05) is 0 Å². The largest absolute Gasteiger partial charge is 0.492 e. The molecule has 0 unspecified atom stereocenters. The van der Waals surface area contributed by atoms with E-state index in [1.165, 1.54) is 12.3 Å². The van der Waals surface area contributed by atoms with E-state index in [-0.39, 0.29) is 16.1 Å². The van der Waals surface area contributed by atoms with Gasteiger partial charge in [-0.05, 0) is 31.9 Å². The number of hydrogen-bond acceptors (Lipinski definition) is 6. The van der Waals surface area contributed by atoms with Crippen LogP contribution in [-0.2, 0) is 0 Å². The summed E-state index contributed by atoms with van der Waals surface area (Å²) in [7, 11) is 0. The fourth-order valence-corrected chi connectivity index (χ4v) is 1.99. The van der Waals surface area contributed by atoms with Gasteiger partial charge >= 0.3 is 11.9 Å². The summed E-state index contributed by atoms with van der Waals surface area (Å²) >= 11 is 6.06. The van der Waals surface area contributed by atoms with Crippen molar-refractivity contribution in [2.24, 2.45) is 0 Å². The monoisotopic (exact) mass is 391 g/mol. The molecular formula is C8H3Br2N5O4. The number of carbonyl (C=O) groups is 1. The number of halogens is 2. The average molecular weight is 393 g/mol. The maximum absolute atomic E-state index is 11.1. The van der Waals surface area contributed by atoms with Crippen LogP contribution in [-0.4, -0.2) is 35.7 Å². The summed E-state index contributed by atoms with van der Waals surface area (Å²) < 4.78 is 1.38. The van der Waals surface area contributed by atoms with Crippen LogP contribution in [0.3, 0.4) is 0 Å². The molecule has 19 heavy (non-hydrogen) atoms. The van der Waals surface area contributed by atoms with Crippen molar-refractivity contribution in [3.05, 3.63) is 37.1 Å². The molecule has 0 aliphatic carbocycles. The van der Waals surface area contributed by atoms with Crippen LogP contribution in [0.25, 0.3) is 5.82 Å². The molecule has 0 saturated heterocycles. The standard InChI is InChI=1S/C8H3Br2N5O4/c9-3-1-4(6(16)17)5(11-2-3)14-7(10)12-8(13-14)15(18)19/h1-2H,(H,16,17). The number of rotatable bonds is 3. The SMILES string of the molecule is O=C(O)c1cc(Br)cnc1-n1nc([N+](=O)[O-])nc1Br. The van der Waals surface area contributed by atoms with E-state index >= 15 is 0 Å². The Morgan fingerprint density at radius 1 is 1.47 bits per heavy atom. The molecule has 0 saturated carbocycles. The summed E-state index contributed by atoms with van der Waals surface area (Å²) in [6.45, 7) is 0. The van der Waals surface area contributed by atoms with Crippen LogP contribution < -0.4 is 0 Å². The number of carboxylic acids is 1. The third-order valence-corrected chi connectivity index (χ3v) is 2.93. The zero-order valence-electron chi connectivity index (χ0n) is 8.82. The molecule has 0 fully saturated rings. The minimum absolute atomic E-state index is 0.0171. The molecule has 0 aromatic carbocycles. The molecule has 2 aromatic rings. The summed E-state index contributed by atoms with van der Waals surface area (Å²) in [5.74, 6) is -1.98. The molecule has 1 N–H and O–H groups in total. The van der Waals surface area contributed by atoms with Crippen LogP contribution >= 0.6 is 31.9 Å². The van der Waals surface area contributed by atoms with Crippen molar-refractivity contribution >= 4 is 43.8 Å². The van der Waals surface area contributed by atoms with Gasteiger partial charge in [0.25, 0.3) is 4.73 Å². The number of nitro groups is 1. The Morgan fingerprint density at radius 3 is 2.68 bits per heavy atom. The molecule has 0 bridgehead atoms. The van der Waals surface area contributed by atoms with E-state index in [1.807, 2.05) is 0 Å². The van der Waals surface area contributed by atoms with Gasteiger partial charge in [0, 0.05) is 31.7 Å². The molecular weight excluding hydrogens is 390 g/mol. The number of nitrogens with zero attached hydrogens (tertiary/aromatic N) is 5. The second-order valence-corrected chi connectivity index (χ2v) is 4.80. The van der Waals surface area contributed by atoms with Gasteiger partial charge in [-0.2, -0.15) is 0 Å². The minimum atomic E-state index is -1.24. The van der Waals surface area contributed by atoms with E-state index < -0.39 is 16.8 Å². The van der Waals surface area contributed by atoms with Crippen molar-refractivity contribution in [2.75, 3.05) is 0 Å². The van der Waals surface area contributed by atoms with E-state index in [4.69, 9.17) is 5.11 Å². The first kappa shape index (κ1) is 13.5. The first-order valence-corrected chi connectivity index (χ1v) is 6.15. The molecule has 98 valence electrons. The second kappa shape index (κ2) is 5.01. The maximum atomic E-state index is 11.1. The van der Waals surface area contributed by atoms with Crippen molar-refractivity contribution in [3.63, 3.8) is 0 Å². The Balaban J connectivity index is 2.65. The lowest BCUT2D eigenvalue weighted by Crippen LogP contribution is -2.09. The van der Waals surface area contributed by atoms with Gasteiger partial charge in [-0.25, -0.2) is 9.78 Å². The lowest BCUT2D eigenvalue weighted by atomic mass is 10.2. The van der Waals surface area contributed by atoms with E-state index in [2.05, 4.69) is 46.9 Å². The van der Waals surface area contributed by atoms with Gasteiger partial charge in [-0.3, -0.25) is 0 Å². The highest BCUT2D eigenvalue weighted by Gasteiger charge is 2.25. The molecule has 2 aromatic heterocycles. The lowest BCUT2D eigenvalue weighted by molar-refractivity contribution is -0.394. The van der Waals surface area contributed by atoms with Crippen molar-refractivity contribution in [2.45, 2.75) is 0 Å². The van der Waals surface area contributed by atoms with Gasteiger partial charge < -0.3 is 15.2 Å². The predicted molar refractivity (Wildman–Crippen MR) is 68.2 cm³/mol. The second-order valence-electron chi connectivity index (χ2n) is 3.18. The summed E-state index contributed by atoms with van der Waals surface area (Å²) in [6.07, 6.45) is 1.35. The highest BCUT2D eigenvalue weighted by Crippen LogP contribution is 2.21. The van der Waals surface area contributed by atoms with E-state index in [0.717, 1.165) is 4.68 Å². The zero-order chi connectivity index (χ0) is 14.2. The van der Waals surface area contributed by atoms with Gasteiger partial charge in [0.1, 0.15) is 5.56 Å². The Hall–Kier alpha value is -1.88. The summed E-state index contributed by atoms with van der Waals surface area (Å²) in [6, 6.07) is 1.31. The number of carboxylic acid groups (broad SMARTS) is 1. The van der Waals surface area contributed by atoms with Crippen LogP contribution in [0.15, 0.2) is 21.5 Å². The molecule has 0 atom stereocenters. The van der Waals surface area contributed by atoms with Gasteiger partial charge in [0.2, 0.25) is 0 Å². The Morgan fingerprint density at radius 2 is 2.16 bits per heavy atom. The molecule has 0 aliphatic heterocycles. The van der Waals surface area contributed by atoms with Crippen LogP contribution in [0.4, 0.5) is 5.95 Å². The fraction of sp³-hybridized carbons (Fsp3) is 0. The quantitative estimate of drug-likeness (QED) is 0.623. The van der Waals surface area contributed by atoms with Crippen LogP contribution in [0.1, 0.15) is 10.4 Å². The number of hydrogen-bond donors (Lipinski definition) is 1. The molecule has 0 aliphatic rings. The highest BCUT2D eigenvalue weighted by molar-refractivity contribution is 9.10. The summed E-state index contributed by atoms with van der Waals surface area (Å²) in [5.41, 5.74) is -0.171. The predicted octanol–water partition coefficient (Wildman–Crippen LogP) is 1.79. The summed E-state index contributed by atoms with van der Waals surface area (Å²) in [4.78, 5) is 28.3. The van der Waals surface area contributed by atoms with Crippen molar-refractivity contribution in [1.82, 2.24) is 19.7 Å². The number of pyridine rings is 1. The normalized spacial score (nSPS) is 10.4. The third-order valence-electron chi connectivity index (χ3n) is 1.98. The van der Waals surface area contributed by atoms with Crippen LogP contribution in [0, 0.1) is 10.1 Å². The van der Waals surface area contributed by atoms with Crippen LogP contribution in [0.2, 0.25) is 0 Å². The van der Waals surface area contributed by atoms with Crippen LogP contribution in [0.5, 0.6) is 0 Å². The first-order chi connectivity index (χ1) is 8.90. The lowest BCUT2D eigenvalue weighted by Gasteiger charge is -2.02. The van der Waals surface area contributed by atoms with E-state index in [1.54, 1.807) is 0 Å². The average Bonchev–Trinajstić information content (AvgIpc) is 2.71. The number of aromatic carboxylic acids is 1.